The highest BCUT2D eigenvalue weighted by atomic mass is 35.5. The van der Waals surface area contributed by atoms with Crippen molar-refractivity contribution in [1.82, 2.24) is 9.97 Å². The molecule has 2 aromatic heterocycles. The second kappa shape index (κ2) is 9.56. The van der Waals surface area contributed by atoms with Crippen molar-refractivity contribution in [1.29, 1.82) is 0 Å². The van der Waals surface area contributed by atoms with Crippen molar-refractivity contribution >= 4 is 56.5 Å². The van der Waals surface area contributed by atoms with E-state index >= 15 is 0 Å². The smallest absolute Gasteiger partial charge is 0.340 e. The molecular formula is C24H20ClN3O4S. The second-order valence-corrected chi connectivity index (χ2v) is 8.46. The molecule has 9 heteroatoms. The van der Waals surface area contributed by atoms with Crippen molar-refractivity contribution in [3.63, 3.8) is 0 Å². The van der Waals surface area contributed by atoms with E-state index in [1.807, 2.05) is 12.1 Å². The number of thiazole rings is 1. The quantitative estimate of drug-likeness (QED) is 0.328. The Bertz CT molecular complexity index is 1350. The van der Waals surface area contributed by atoms with E-state index in [2.05, 4.69) is 9.97 Å². The summed E-state index contributed by atoms with van der Waals surface area (Å²) in [6.45, 7) is 3.17. The van der Waals surface area contributed by atoms with Gasteiger partial charge in [-0.3, -0.25) is 14.7 Å². The number of rotatable bonds is 6. The number of para-hydroxylation sites is 2. The van der Waals surface area contributed by atoms with Gasteiger partial charge in [-0.15, -0.1) is 11.3 Å². The van der Waals surface area contributed by atoms with Gasteiger partial charge in [0.1, 0.15) is 12.4 Å². The summed E-state index contributed by atoms with van der Waals surface area (Å²) in [5.74, 6) is -0.172. The maximum Gasteiger partial charge on any atom is 0.340 e. The summed E-state index contributed by atoms with van der Waals surface area (Å²) in [6.07, 6.45) is 0. The number of anilines is 2. The maximum absolute atomic E-state index is 12.7. The van der Waals surface area contributed by atoms with Gasteiger partial charge in [-0.1, -0.05) is 23.7 Å². The van der Waals surface area contributed by atoms with E-state index in [0.29, 0.717) is 38.5 Å². The number of esters is 1. The molecule has 0 radical (unpaired) electrons. The van der Waals surface area contributed by atoms with Crippen molar-refractivity contribution in [2.75, 3.05) is 12.0 Å². The number of benzene rings is 2. The van der Waals surface area contributed by atoms with E-state index in [1.54, 1.807) is 55.8 Å². The van der Waals surface area contributed by atoms with Crippen molar-refractivity contribution in [3.8, 4) is 5.75 Å². The summed E-state index contributed by atoms with van der Waals surface area (Å²) < 4.78 is 10.9. The Kier molecular flexibility index (Phi) is 6.57. The zero-order valence-corrected chi connectivity index (χ0v) is 19.7. The Morgan fingerprint density at radius 3 is 2.67 bits per heavy atom. The summed E-state index contributed by atoms with van der Waals surface area (Å²) in [7, 11) is 1.54. The Labute approximate surface area is 199 Å². The number of halogens is 1. The van der Waals surface area contributed by atoms with Crippen LogP contribution in [0.15, 0.2) is 53.9 Å². The van der Waals surface area contributed by atoms with Crippen LogP contribution in [0.2, 0.25) is 5.02 Å². The van der Waals surface area contributed by atoms with E-state index in [4.69, 9.17) is 21.1 Å². The molecule has 0 aliphatic heterocycles. The Balaban J connectivity index is 1.53. The predicted octanol–water partition coefficient (Wildman–Crippen LogP) is 5.70. The van der Waals surface area contributed by atoms with Crippen molar-refractivity contribution in [3.05, 3.63) is 75.9 Å². The number of hydrogen-bond donors (Lipinski definition) is 0. The Morgan fingerprint density at radius 1 is 1.12 bits per heavy atom. The van der Waals surface area contributed by atoms with Crippen LogP contribution in [-0.2, 0) is 16.1 Å². The van der Waals surface area contributed by atoms with Gasteiger partial charge in [0, 0.05) is 22.7 Å². The first-order chi connectivity index (χ1) is 15.9. The van der Waals surface area contributed by atoms with Crippen LogP contribution < -0.4 is 9.64 Å². The van der Waals surface area contributed by atoms with Gasteiger partial charge < -0.3 is 9.47 Å². The molecular weight excluding hydrogens is 462 g/mol. The standard InChI is InChI=1S/C24H20ClN3O4S/c1-14-19(11-16-10-17(25)8-9-20(16)26-14)23(30)32-12-18-13-33-24(27-18)28(15(2)29)21-6-4-5-7-22(21)31-3/h4-11,13H,12H2,1-3H3. The molecule has 0 aliphatic carbocycles. The molecule has 4 aromatic rings. The van der Waals surface area contributed by atoms with Gasteiger partial charge in [0.25, 0.3) is 0 Å². The molecule has 33 heavy (non-hydrogen) atoms. The molecule has 0 spiro atoms. The van der Waals surface area contributed by atoms with Crippen LogP contribution >= 0.6 is 22.9 Å². The van der Waals surface area contributed by atoms with Crippen molar-refractivity contribution in [2.45, 2.75) is 20.5 Å². The third-order valence-corrected chi connectivity index (χ3v) is 6.02. The minimum atomic E-state index is -0.510. The SMILES string of the molecule is COc1ccccc1N(C(C)=O)c1nc(COC(=O)c2cc3cc(Cl)ccc3nc2C)cs1. The number of carbonyl (C=O) groups is 2. The molecule has 0 N–H and O–H groups in total. The number of hydrogen-bond acceptors (Lipinski definition) is 7. The van der Waals surface area contributed by atoms with Gasteiger partial charge in [-0.2, -0.15) is 0 Å². The largest absolute Gasteiger partial charge is 0.495 e. The molecule has 168 valence electrons. The lowest BCUT2D eigenvalue weighted by Gasteiger charge is -2.20. The third kappa shape index (κ3) is 4.81. The zero-order valence-electron chi connectivity index (χ0n) is 18.2. The topological polar surface area (TPSA) is 81.6 Å². The summed E-state index contributed by atoms with van der Waals surface area (Å²) in [6, 6.07) is 14.2. The fraction of sp³-hybridized carbons (Fsp3) is 0.167. The lowest BCUT2D eigenvalue weighted by Crippen LogP contribution is -2.23. The molecule has 0 atom stereocenters. The molecule has 0 saturated carbocycles. The first-order valence-electron chi connectivity index (χ1n) is 9.99. The van der Waals surface area contributed by atoms with Crippen LogP contribution in [0.3, 0.4) is 0 Å². The molecule has 2 heterocycles. The number of nitrogens with zero attached hydrogens (tertiary/aromatic N) is 3. The fourth-order valence-corrected chi connectivity index (χ4v) is 4.40. The lowest BCUT2D eigenvalue weighted by atomic mass is 10.1. The van der Waals surface area contributed by atoms with Gasteiger partial charge in [-0.25, -0.2) is 9.78 Å². The number of carbonyl (C=O) groups excluding carboxylic acids is 2. The van der Waals surface area contributed by atoms with Crippen LogP contribution in [0.4, 0.5) is 10.8 Å². The summed E-state index contributed by atoms with van der Waals surface area (Å²) in [5.41, 5.74) is 2.78. The second-order valence-electron chi connectivity index (χ2n) is 7.18. The van der Waals surface area contributed by atoms with Crippen molar-refractivity contribution in [2.24, 2.45) is 0 Å². The fourth-order valence-electron chi connectivity index (χ4n) is 3.35. The molecule has 7 nitrogen and oxygen atoms in total. The van der Waals surface area contributed by atoms with Gasteiger partial charge in [0.05, 0.1) is 35.3 Å². The number of pyridine rings is 1. The number of amides is 1. The molecule has 0 unspecified atom stereocenters. The van der Waals surface area contributed by atoms with Gasteiger partial charge in [-0.05, 0) is 43.3 Å². The van der Waals surface area contributed by atoms with E-state index in [9.17, 15) is 9.59 Å². The number of ether oxygens (including phenoxy) is 2. The number of fused-ring (bicyclic) bond motifs is 1. The summed E-state index contributed by atoms with van der Waals surface area (Å²) in [5, 5.41) is 3.52. The van der Waals surface area contributed by atoms with Gasteiger partial charge in [0.2, 0.25) is 5.91 Å². The van der Waals surface area contributed by atoms with E-state index in [0.717, 1.165) is 10.9 Å². The molecule has 2 aromatic carbocycles. The van der Waals surface area contributed by atoms with E-state index in [1.165, 1.54) is 23.2 Å². The van der Waals surface area contributed by atoms with Crippen LogP contribution in [0.5, 0.6) is 5.75 Å². The Morgan fingerprint density at radius 2 is 1.91 bits per heavy atom. The van der Waals surface area contributed by atoms with E-state index < -0.39 is 5.97 Å². The van der Waals surface area contributed by atoms with E-state index in [-0.39, 0.29) is 12.5 Å². The van der Waals surface area contributed by atoms with Crippen LogP contribution in [0, 0.1) is 6.92 Å². The molecule has 0 fully saturated rings. The predicted molar refractivity (Wildman–Crippen MR) is 129 cm³/mol. The Hall–Kier alpha value is -3.49. The lowest BCUT2D eigenvalue weighted by molar-refractivity contribution is -0.115. The van der Waals surface area contributed by atoms with Crippen LogP contribution in [-0.4, -0.2) is 29.0 Å². The zero-order chi connectivity index (χ0) is 23.5. The number of aromatic nitrogens is 2. The molecule has 0 bridgehead atoms. The van der Waals surface area contributed by atoms with Crippen LogP contribution in [0.1, 0.15) is 28.7 Å². The summed E-state index contributed by atoms with van der Waals surface area (Å²) >= 11 is 7.33. The average Bonchev–Trinajstić information content (AvgIpc) is 3.26. The minimum absolute atomic E-state index is 0.0416. The number of aryl methyl sites for hydroxylation is 1. The van der Waals surface area contributed by atoms with Crippen LogP contribution in [0.25, 0.3) is 10.9 Å². The molecule has 0 aliphatic rings. The summed E-state index contributed by atoms with van der Waals surface area (Å²) in [4.78, 5) is 35.5. The van der Waals surface area contributed by atoms with Crippen molar-refractivity contribution < 1.29 is 19.1 Å². The first kappa shape index (κ1) is 22.7. The highest BCUT2D eigenvalue weighted by Crippen LogP contribution is 2.35. The molecule has 1 amide bonds. The third-order valence-electron chi connectivity index (χ3n) is 4.91. The monoisotopic (exact) mass is 481 g/mol. The highest BCUT2D eigenvalue weighted by Gasteiger charge is 2.22. The average molecular weight is 482 g/mol. The number of methoxy groups -OCH3 is 1. The normalized spacial score (nSPS) is 10.8. The first-order valence-corrected chi connectivity index (χ1v) is 11.3. The molecule has 4 rings (SSSR count). The molecule has 0 saturated heterocycles. The van der Waals surface area contributed by atoms with Gasteiger partial charge in [0.15, 0.2) is 5.13 Å². The maximum atomic E-state index is 12.7. The minimum Gasteiger partial charge on any atom is -0.495 e. The highest BCUT2D eigenvalue weighted by molar-refractivity contribution is 7.14. The van der Waals surface area contributed by atoms with Gasteiger partial charge >= 0.3 is 5.97 Å².